The van der Waals surface area contributed by atoms with Crippen LogP contribution in [0, 0.1) is 0 Å². The third-order valence-corrected chi connectivity index (χ3v) is 3.51. The number of rotatable bonds is 2. The van der Waals surface area contributed by atoms with Crippen LogP contribution in [0.1, 0.15) is 25.3 Å². The summed E-state index contributed by atoms with van der Waals surface area (Å²) in [5.41, 5.74) is 0.167. The van der Waals surface area contributed by atoms with E-state index >= 15 is 0 Å². The van der Waals surface area contributed by atoms with Gasteiger partial charge in [0, 0.05) is 18.1 Å². The third kappa shape index (κ3) is 3.47. The molecule has 1 aromatic carbocycles. The van der Waals surface area contributed by atoms with E-state index in [9.17, 15) is 9.90 Å². The topological polar surface area (TPSA) is 40.5 Å². The van der Waals surface area contributed by atoms with Crippen LogP contribution < -0.4 is 0 Å². The number of likely N-dealkylation sites (tertiary alicyclic amines) is 1. The molecule has 1 aliphatic heterocycles. The number of halogens is 1. The van der Waals surface area contributed by atoms with E-state index in [2.05, 4.69) is 0 Å². The summed E-state index contributed by atoms with van der Waals surface area (Å²) in [4.78, 5) is 13.9. The van der Waals surface area contributed by atoms with Crippen LogP contribution in [-0.2, 0) is 11.2 Å². The van der Waals surface area contributed by atoms with Crippen LogP contribution in [0.5, 0.6) is 0 Å². The molecule has 1 heterocycles. The number of β-amino-alcohol motifs (C(OH)–C–C–N with tert-alkyl or cyclic N) is 1. The second-order valence-electron chi connectivity index (χ2n) is 5.22. The quantitative estimate of drug-likeness (QED) is 0.893. The molecular formula is C14H18ClNO2. The van der Waals surface area contributed by atoms with Crippen molar-refractivity contribution >= 4 is 17.5 Å². The lowest BCUT2D eigenvalue weighted by molar-refractivity contribution is -0.136. The second-order valence-corrected chi connectivity index (χ2v) is 5.66. The maximum Gasteiger partial charge on any atom is 0.227 e. The summed E-state index contributed by atoms with van der Waals surface area (Å²) in [7, 11) is 0. The molecule has 1 amide bonds. The zero-order valence-electron chi connectivity index (χ0n) is 10.5. The van der Waals surface area contributed by atoms with Crippen molar-refractivity contribution in [3.63, 3.8) is 0 Å². The van der Waals surface area contributed by atoms with E-state index in [0.717, 1.165) is 24.9 Å². The molecule has 0 radical (unpaired) electrons. The Morgan fingerprint density at radius 3 is 3.00 bits per heavy atom. The van der Waals surface area contributed by atoms with Gasteiger partial charge in [0.25, 0.3) is 0 Å². The molecule has 1 N–H and O–H groups in total. The maximum atomic E-state index is 12.1. The first-order valence-electron chi connectivity index (χ1n) is 6.21. The SMILES string of the molecule is CC1(O)CCCN(C(=O)Cc2cccc(Cl)c2)C1. The highest BCUT2D eigenvalue weighted by Gasteiger charge is 2.30. The molecule has 0 spiro atoms. The van der Waals surface area contributed by atoms with Crippen molar-refractivity contribution in [2.24, 2.45) is 0 Å². The normalized spacial score (nSPS) is 24.1. The standard InChI is InChI=1S/C14H18ClNO2/c1-14(18)6-3-7-16(10-14)13(17)9-11-4-2-5-12(15)8-11/h2,4-5,8,18H,3,6-7,9-10H2,1H3. The number of amides is 1. The Balaban J connectivity index is 2.00. The molecular weight excluding hydrogens is 250 g/mol. The van der Waals surface area contributed by atoms with Crippen LogP contribution in [0.25, 0.3) is 0 Å². The van der Waals surface area contributed by atoms with E-state index in [-0.39, 0.29) is 5.91 Å². The molecule has 1 aliphatic rings. The first-order chi connectivity index (χ1) is 8.46. The van der Waals surface area contributed by atoms with Gasteiger partial charge in [-0.05, 0) is 37.5 Å². The van der Waals surface area contributed by atoms with Crippen LogP contribution in [0.4, 0.5) is 0 Å². The minimum absolute atomic E-state index is 0.0530. The smallest absolute Gasteiger partial charge is 0.227 e. The highest BCUT2D eigenvalue weighted by molar-refractivity contribution is 6.30. The van der Waals surface area contributed by atoms with Crippen LogP contribution in [0.15, 0.2) is 24.3 Å². The lowest BCUT2D eigenvalue weighted by Crippen LogP contribution is -2.49. The van der Waals surface area contributed by atoms with Crippen molar-refractivity contribution < 1.29 is 9.90 Å². The summed E-state index contributed by atoms with van der Waals surface area (Å²) < 4.78 is 0. The first-order valence-corrected chi connectivity index (χ1v) is 6.59. The van der Waals surface area contributed by atoms with E-state index in [4.69, 9.17) is 11.6 Å². The number of benzene rings is 1. The van der Waals surface area contributed by atoms with Gasteiger partial charge in [-0.1, -0.05) is 23.7 Å². The van der Waals surface area contributed by atoms with Crippen molar-refractivity contribution in [1.82, 2.24) is 4.90 Å². The minimum atomic E-state index is -0.748. The number of aliphatic hydroxyl groups is 1. The van der Waals surface area contributed by atoms with Gasteiger partial charge in [0.1, 0.15) is 0 Å². The summed E-state index contributed by atoms with van der Waals surface area (Å²) in [6.45, 7) is 2.94. The Kier molecular flexibility index (Phi) is 3.93. The van der Waals surface area contributed by atoms with Gasteiger partial charge in [-0.15, -0.1) is 0 Å². The van der Waals surface area contributed by atoms with Crippen LogP contribution in [0.3, 0.4) is 0 Å². The number of carbonyl (C=O) groups is 1. The molecule has 1 atom stereocenters. The third-order valence-electron chi connectivity index (χ3n) is 3.27. The molecule has 98 valence electrons. The van der Waals surface area contributed by atoms with E-state index in [1.807, 2.05) is 18.2 Å². The lowest BCUT2D eigenvalue weighted by Gasteiger charge is -2.36. The predicted octanol–water partition coefficient (Wildman–Crippen LogP) is 2.26. The Morgan fingerprint density at radius 2 is 2.33 bits per heavy atom. The van der Waals surface area contributed by atoms with Crippen molar-refractivity contribution in [3.05, 3.63) is 34.9 Å². The van der Waals surface area contributed by atoms with Gasteiger partial charge < -0.3 is 10.0 Å². The Labute approximate surface area is 112 Å². The van der Waals surface area contributed by atoms with Gasteiger partial charge >= 0.3 is 0 Å². The van der Waals surface area contributed by atoms with Crippen molar-refractivity contribution in [2.75, 3.05) is 13.1 Å². The van der Waals surface area contributed by atoms with Crippen LogP contribution in [-0.4, -0.2) is 34.6 Å². The van der Waals surface area contributed by atoms with E-state index in [1.54, 1.807) is 17.9 Å². The summed E-state index contributed by atoms with van der Waals surface area (Å²) >= 11 is 5.89. The Morgan fingerprint density at radius 1 is 1.56 bits per heavy atom. The molecule has 3 nitrogen and oxygen atoms in total. The fraction of sp³-hybridized carbons (Fsp3) is 0.500. The molecule has 0 bridgehead atoms. The number of hydrogen-bond acceptors (Lipinski definition) is 2. The highest BCUT2D eigenvalue weighted by atomic mass is 35.5. The number of carbonyl (C=O) groups excluding carboxylic acids is 1. The first kappa shape index (κ1) is 13.4. The number of piperidine rings is 1. The number of hydrogen-bond donors (Lipinski definition) is 1. The molecule has 0 saturated carbocycles. The fourth-order valence-electron chi connectivity index (χ4n) is 2.37. The van der Waals surface area contributed by atoms with Crippen LogP contribution >= 0.6 is 11.6 Å². The maximum absolute atomic E-state index is 12.1. The Bertz CT molecular complexity index is 445. The molecule has 1 aromatic rings. The van der Waals surface area contributed by atoms with Crippen LogP contribution in [0.2, 0.25) is 5.02 Å². The highest BCUT2D eigenvalue weighted by Crippen LogP contribution is 2.21. The molecule has 0 aliphatic carbocycles. The second kappa shape index (κ2) is 5.29. The molecule has 18 heavy (non-hydrogen) atoms. The summed E-state index contributed by atoms with van der Waals surface area (Å²) in [5.74, 6) is 0.0530. The van der Waals surface area contributed by atoms with Gasteiger partial charge in [-0.2, -0.15) is 0 Å². The van der Waals surface area contributed by atoms with E-state index in [0.29, 0.717) is 18.0 Å². The summed E-state index contributed by atoms with van der Waals surface area (Å²) in [6.07, 6.45) is 1.96. The predicted molar refractivity (Wildman–Crippen MR) is 71.6 cm³/mol. The average molecular weight is 268 g/mol. The molecule has 1 unspecified atom stereocenters. The molecule has 4 heteroatoms. The largest absolute Gasteiger partial charge is 0.388 e. The fourth-order valence-corrected chi connectivity index (χ4v) is 2.58. The van der Waals surface area contributed by atoms with E-state index < -0.39 is 5.60 Å². The van der Waals surface area contributed by atoms with Gasteiger partial charge in [0.15, 0.2) is 0 Å². The molecule has 1 saturated heterocycles. The summed E-state index contributed by atoms with van der Waals surface area (Å²) in [5, 5.41) is 10.6. The minimum Gasteiger partial charge on any atom is -0.388 e. The zero-order valence-corrected chi connectivity index (χ0v) is 11.3. The van der Waals surface area contributed by atoms with E-state index in [1.165, 1.54) is 0 Å². The molecule has 2 rings (SSSR count). The van der Waals surface area contributed by atoms with Crippen molar-refractivity contribution in [2.45, 2.75) is 31.8 Å². The Hall–Kier alpha value is -1.06. The van der Waals surface area contributed by atoms with Gasteiger partial charge in [-0.25, -0.2) is 0 Å². The van der Waals surface area contributed by atoms with Crippen molar-refractivity contribution in [1.29, 1.82) is 0 Å². The van der Waals surface area contributed by atoms with Gasteiger partial charge in [0.2, 0.25) is 5.91 Å². The zero-order chi connectivity index (χ0) is 13.2. The number of nitrogens with zero attached hydrogens (tertiary/aromatic N) is 1. The van der Waals surface area contributed by atoms with Gasteiger partial charge in [-0.3, -0.25) is 4.79 Å². The average Bonchev–Trinajstić information content (AvgIpc) is 2.27. The van der Waals surface area contributed by atoms with Gasteiger partial charge in [0.05, 0.1) is 12.0 Å². The monoisotopic (exact) mass is 267 g/mol. The van der Waals surface area contributed by atoms with Crippen molar-refractivity contribution in [3.8, 4) is 0 Å². The lowest BCUT2D eigenvalue weighted by atomic mass is 9.95. The molecule has 1 fully saturated rings. The summed E-state index contributed by atoms with van der Waals surface area (Å²) in [6, 6.07) is 7.34. The molecule has 0 aromatic heterocycles.